The fraction of sp³-hybridized carbons (Fsp3) is 0.333. The van der Waals surface area contributed by atoms with Crippen molar-refractivity contribution in [2.75, 3.05) is 0 Å². The molecule has 1 rings (SSSR count). The summed E-state index contributed by atoms with van der Waals surface area (Å²) in [6.07, 6.45) is 0. The number of benzene rings is 1. The second kappa shape index (κ2) is 9.14. The van der Waals surface area contributed by atoms with Gasteiger partial charge in [-0.25, -0.2) is 0 Å². The van der Waals surface area contributed by atoms with E-state index in [2.05, 4.69) is 0 Å². The van der Waals surface area contributed by atoms with E-state index >= 15 is 0 Å². The van der Waals surface area contributed by atoms with Crippen LogP contribution in [0.5, 0.6) is 0 Å². The summed E-state index contributed by atoms with van der Waals surface area (Å²) in [6, 6.07) is 9.52. The molecule has 64 valence electrons. The summed E-state index contributed by atoms with van der Waals surface area (Å²) in [4.78, 5) is 0. The van der Waals surface area contributed by atoms with Crippen molar-refractivity contribution in [3.8, 4) is 0 Å². The minimum Gasteiger partial charge on any atom is -0.412 e. The molecular weight excluding hydrogens is 140 g/mol. The van der Waals surface area contributed by atoms with Crippen LogP contribution in [0.1, 0.15) is 19.4 Å². The van der Waals surface area contributed by atoms with Crippen LogP contribution >= 0.6 is 0 Å². The standard InChI is InChI=1S/C7H8O.C2H6.H2O/c8-6-7-4-2-1-3-5-7;1-2;/h1-5,8H,6H2;1-2H3;1H2. The van der Waals surface area contributed by atoms with Crippen molar-refractivity contribution in [2.24, 2.45) is 0 Å². The van der Waals surface area contributed by atoms with Gasteiger partial charge in [0.1, 0.15) is 0 Å². The lowest BCUT2D eigenvalue weighted by Gasteiger charge is -1.89. The molecule has 0 amide bonds. The van der Waals surface area contributed by atoms with Crippen LogP contribution in [0.15, 0.2) is 30.3 Å². The molecule has 0 aliphatic carbocycles. The van der Waals surface area contributed by atoms with Crippen LogP contribution in [0.2, 0.25) is 0 Å². The molecule has 0 fully saturated rings. The van der Waals surface area contributed by atoms with Gasteiger partial charge in [-0.3, -0.25) is 0 Å². The first-order valence-corrected chi connectivity index (χ1v) is 3.58. The molecular formula is C9H16O2. The predicted octanol–water partition coefficient (Wildman–Crippen LogP) is 1.38. The van der Waals surface area contributed by atoms with E-state index < -0.39 is 0 Å². The number of rotatable bonds is 1. The summed E-state index contributed by atoms with van der Waals surface area (Å²) >= 11 is 0. The third-order valence-corrected chi connectivity index (χ3v) is 1.03. The molecule has 1 aromatic rings. The van der Waals surface area contributed by atoms with Crippen molar-refractivity contribution in [3.63, 3.8) is 0 Å². The average molecular weight is 156 g/mol. The third-order valence-electron chi connectivity index (χ3n) is 1.03. The van der Waals surface area contributed by atoms with Crippen molar-refractivity contribution in [3.05, 3.63) is 35.9 Å². The molecule has 0 radical (unpaired) electrons. The Labute approximate surface area is 67.8 Å². The first-order valence-electron chi connectivity index (χ1n) is 3.58. The van der Waals surface area contributed by atoms with Crippen LogP contribution in [0.25, 0.3) is 0 Å². The third kappa shape index (κ3) is 5.58. The molecule has 0 spiro atoms. The van der Waals surface area contributed by atoms with Crippen molar-refractivity contribution in [1.82, 2.24) is 0 Å². The maximum absolute atomic E-state index is 8.54. The van der Waals surface area contributed by atoms with E-state index in [1.165, 1.54) is 0 Å². The zero-order valence-corrected chi connectivity index (χ0v) is 7.04. The molecule has 0 atom stereocenters. The van der Waals surface area contributed by atoms with Gasteiger partial charge in [0, 0.05) is 0 Å². The molecule has 0 bridgehead atoms. The van der Waals surface area contributed by atoms with Gasteiger partial charge in [0.25, 0.3) is 0 Å². The molecule has 11 heavy (non-hydrogen) atoms. The Morgan fingerprint density at radius 2 is 1.55 bits per heavy atom. The van der Waals surface area contributed by atoms with Gasteiger partial charge in [0.05, 0.1) is 6.61 Å². The van der Waals surface area contributed by atoms with Gasteiger partial charge in [-0.2, -0.15) is 0 Å². The Morgan fingerprint density at radius 3 is 1.82 bits per heavy atom. The summed E-state index contributed by atoms with van der Waals surface area (Å²) in [5.41, 5.74) is 0.965. The zero-order valence-electron chi connectivity index (χ0n) is 7.04. The Bertz CT molecular complexity index is 149. The molecule has 3 N–H and O–H groups in total. The van der Waals surface area contributed by atoms with Gasteiger partial charge in [0.15, 0.2) is 0 Å². The highest BCUT2D eigenvalue weighted by Gasteiger charge is 1.81. The minimum absolute atomic E-state index is 0. The zero-order chi connectivity index (χ0) is 7.82. The van der Waals surface area contributed by atoms with Gasteiger partial charge in [-0.1, -0.05) is 44.2 Å². The van der Waals surface area contributed by atoms with Crippen LogP contribution in [0.4, 0.5) is 0 Å². The van der Waals surface area contributed by atoms with Gasteiger partial charge >= 0.3 is 0 Å². The largest absolute Gasteiger partial charge is 0.412 e. The minimum atomic E-state index is 0. The van der Waals surface area contributed by atoms with Crippen molar-refractivity contribution < 1.29 is 10.6 Å². The van der Waals surface area contributed by atoms with E-state index in [1.807, 2.05) is 44.2 Å². The highest BCUT2D eigenvalue weighted by atomic mass is 16.3. The van der Waals surface area contributed by atoms with Crippen molar-refractivity contribution in [2.45, 2.75) is 20.5 Å². The van der Waals surface area contributed by atoms with E-state index in [-0.39, 0.29) is 12.1 Å². The maximum atomic E-state index is 8.54. The molecule has 2 nitrogen and oxygen atoms in total. The van der Waals surface area contributed by atoms with Crippen molar-refractivity contribution >= 4 is 0 Å². The summed E-state index contributed by atoms with van der Waals surface area (Å²) in [5, 5.41) is 8.54. The van der Waals surface area contributed by atoms with Gasteiger partial charge in [-0.15, -0.1) is 0 Å². The molecule has 0 aromatic heterocycles. The number of aliphatic hydroxyl groups excluding tert-OH is 1. The molecule has 0 heterocycles. The number of hydrogen-bond donors (Lipinski definition) is 1. The average Bonchev–Trinajstić information content (AvgIpc) is 2.10. The van der Waals surface area contributed by atoms with Gasteiger partial charge in [0.2, 0.25) is 0 Å². The second-order valence-corrected chi connectivity index (χ2v) is 1.64. The van der Waals surface area contributed by atoms with E-state index in [0.717, 1.165) is 5.56 Å². The number of aliphatic hydroxyl groups is 1. The molecule has 2 heteroatoms. The van der Waals surface area contributed by atoms with Gasteiger partial charge < -0.3 is 10.6 Å². The monoisotopic (exact) mass is 156 g/mol. The molecule has 0 saturated heterocycles. The fourth-order valence-electron chi connectivity index (χ4n) is 0.583. The molecule has 1 aromatic carbocycles. The smallest absolute Gasteiger partial charge is 0.0681 e. The lowest BCUT2D eigenvalue weighted by molar-refractivity contribution is 0.282. The van der Waals surface area contributed by atoms with Crippen LogP contribution in [0, 0.1) is 0 Å². The van der Waals surface area contributed by atoms with E-state index in [1.54, 1.807) is 0 Å². The highest BCUT2D eigenvalue weighted by Crippen LogP contribution is 1.95. The van der Waals surface area contributed by atoms with Gasteiger partial charge in [-0.05, 0) is 5.56 Å². The fourth-order valence-corrected chi connectivity index (χ4v) is 0.583. The number of hydrogen-bond acceptors (Lipinski definition) is 1. The second-order valence-electron chi connectivity index (χ2n) is 1.64. The summed E-state index contributed by atoms with van der Waals surface area (Å²) in [5.74, 6) is 0. The van der Waals surface area contributed by atoms with Crippen LogP contribution in [0.3, 0.4) is 0 Å². The molecule has 0 aliphatic heterocycles. The van der Waals surface area contributed by atoms with E-state index in [4.69, 9.17) is 5.11 Å². The lowest BCUT2D eigenvalue weighted by atomic mass is 10.2. The molecule has 0 aliphatic rings. The Hall–Kier alpha value is -0.860. The lowest BCUT2D eigenvalue weighted by Crippen LogP contribution is -1.77. The Morgan fingerprint density at radius 1 is 1.09 bits per heavy atom. The SMILES string of the molecule is CC.O.OCc1ccccc1. The predicted molar refractivity (Wildman–Crippen MR) is 47.3 cm³/mol. The summed E-state index contributed by atoms with van der Waals surface area (Å²) in [6.45, 7) is 4.14. The first kappa shape index (κ1) is 12.8. The molecule has 0 unspecified atom stereocenters. The van der Waals surface area contributed by atoms with Crippen LogP contribution in [-0.2, 0) is 6.61 Å². The summed E-state index contributed by atoms with van der Waals surface area (Å²) < 4.78 is 0. The Kier molecular flexibility index (Phi) is 10.6. The van der Waals surface area contributed by atoms with Crippen LogP contribution in [-0.4, -0.2) is 10.6 Å². The Balaban J connectivity index is 0. The highest BCUT2D eigenvalue weighted by molar-refractivity contribution is 5.12. The van der Waals surface area contributed by atoms with Crippen LogP contribution < -0.4 is 0 Å². The first-order chi connectivity index (χ1) is 4.93. The van der Waals surface area contributed by atoms with E-state index in [0.29, 0.717) is 0 Å². The normalized spacial score (nSPS) is 7.18. The topological polar surface area (TPSA) is 51.7 Å². The summed E-state index contributed by atoms with van der Waals surface area (Å²) in [7, 11) is 0. The maximum Gasteiger partial charge on any atom is 0.0681 e. The van der Waals surface area contributed by atoms with E-state index in [9.17, 15) is 0 Å². The quantitative estimate of drug-likeness (QED) is 0.656. The molecule has 0 saturated carbocycles. The van der Waals surface area contributed by atoms with Crippen molar-refractivity contribution in [1.29, 1.82) is 0 Å².